The molecule has 1 N–H and O–H groups in total. The van der Waals surface area contributed by atoms with Gasteiger partial charge in [-0.05, 0) is 0 Å². The summed E-state index contributed by atoms with van der Waals surface area (Å²) in [4.78, 5) is 7.82. The molecule has 0 fully saturated rings. The highest BCUT2D eigenvalue weighted by atomic mass is 19.3. The number of alkyl halides is 4. The van der Waals surface area contributed by atoms with Crippen molar-refractivity contribution in [3.8, 4) is 5.88 Å². The van der Waals surface area contributed by atoms with Crippen molar-refractivity contribution in [2.45, 2.75) is 25.7 Å². The number of ether oxygens (including phenoxy) is 1. The number of rotatable bonds is 6. The van der Waals surface area contributed by atoms with Gasteiger partial charge in [-0.3, -0.25) is 0 Å². The van der Waals surface area contributed by atoms with Crippen molar-refractivity contribution >= 4 is 5.82 Å². The summed E-state index contributed by atoms with van der Waals surface area (Å²) in [6.07, 6.45) is -3.30. The number of aryl methyl sites for hydroxylation is 1. The van der Waals surface area contributed by atoms with Crippen LogP contribution in [0, 0.1) is 0 Å². The molecule has 0 aliphatic heterocycles. The minimum Gasteiger partial charge on any atom is -0.471 e. The van der Waals surface area contributed by atoms with E-state index in [9.17, 15) is 17.6 Å². The zero-order chi connectivity index (χ0) is 13.8. The van der Waals surface area contributed by atoms with Gasteiger partial charge in [0, 0.05) is 19.5 Å². The van der Waals surface area contributed by atoms with Crippen molar-refractivity contribution in [1.82, 2.24) is 9.97 Å². The summed E-state index contributed by atoms with van der Waals surface area (Å²) in [6.45, 7) is 0.348. The zero-order valence-electron chi connectivity index (χ0n) is 9.88. The van der Waals surface area contributed by atoms with Gasteiger partial charge in [0.15, 0.2) is 6.61 Å². The number of hydrogen-bond donors (Lipinski definition) is 1. The third-order valence-corrected chi connectivity index (χ3v) is 2.05. The molecular weight excluding hydrogens is 254 g/mol. The molecule has 18 heavy (non-hydrogen) atoms. The van der Waals surface area contributed by atoms with E-state index in [4.69, 9.17) is 0 Å². The number of aromatic nitrogens is 2. The van der Waals surface area contributed by atoms with Gasteiger partial charge in [0.25, 0.3) is 0 Å². The monoisotopic (exact) mass is 267 g/mol. The fourth-order valence-electron chi connectivity index (χ4n) is 1.07. The Morgan fingerprint density at radius 3 is 2.56 bits per heavy atom. The molecule has 1 heterocycles. The minimum absolute atomic E-state index is 0.161. The second kappa shape index (κ2) is 5.83. The summed E-state index contributed by atoms with van der Waals surface area (Å²) < 4.78 is 53.8. The van der Waals surface area contributed by atoms with Gasteiger partial charge in [-0.1, -0.05) is 6.92 Å². The fraction of sp³-hybridized carbons (Fsp3) is 0.600. The van der Waals surface area contributed by atoms with Crippen molar-refractivity contribution in [2.24, 2.45) is 0 Å². The Hall–Kier alpha value is -1.60. The van der Waals surface area contributed by atoms with Crippen LogP contribution in [0.1, 0.15) is 12.7 Å². The SMILES string of the molecule is CCc1nc(NC)cc(OCC(F)(F)C(F)F)n1. The molecule has 0 saturated carbocycles. The van der Waals surface area contributed by atoms with Crippen LogP contribution in [-0.2, 0) is 6.42 Å². The van der Waals surface area contributed by atoms with Crippen LogP contribution >= 0.6 is 0 Å². The Morgan fingerprint density at radius 2 is 2.06 bits per heavy atom. The van der Waals surface area contributed by atoms with E-state index in [1.807, 2.05) is 0 Å². The zero-order valence-corrected chi connectivity index (χ0v) is 9.88. The molecule has 0 atom stereocenters. The highest BCUT2D eigenvalue weighted by molar-refractivity contribution is 5.37. The molecule has 0 aliphatic rings. The standard InChI is InChI=1S/C10H13F4N3O/c1-3-6-16-7(15-2)4-8(17-6)18-5-10(13,14)9(11)12/h4,9H,3,5H2,1-2H3,(H,15,16,17). The first-order chi connectivity index (χ1) is 8.39. The van der Waals surface area contributed by atoms with Crippen molar-refractivity contribution in [1.29, 1.82) is 0 Å². The Kier molecular flexibility index (Phi) is 4.69. The molecule has 0 aromatic carbocycles. The van der Waals surface area contributed by atoms with Crippen LogP contribution < -0.4 is 10.1 Å². The molecule has 4 nitrogen and oxygen atoms in total. The first-order valence-electron chi connectivity index (χ1n) is 5.23. The van der Waals surface area contributed by atoms with Crippen LogP contribution in [0.4, 0.5) is 23.4 Å². The molecule has 1 rings (SSSR count). The molecular formula is C10H13F4N3O. The molecule has 0 saturated heterocycles. The van der Waals surface area contributed by atoms with Gasteiger partial charge in [0.2, 0.25) is 5.88 Å². The van der Waals surface area contributed by atoms with Crippen LogP contribution in [0.25, 0.3) is 0 Å². The lowest BCUT2D eigenvalue weighted by atomic mass is 10.4. The number of nitrogens with zero attached hydrogens (tertiary/aromatic N) is 2. The van der Waals surface area contributed by atoms with E-state index >= 15 is 0 Å². The maximum atomic E-state index is 12.7. The van der Waals surface area contributed by atoms with Crippen molar-refractivity contribution < 1.29 is 22.3 Å². The lowest BCUT2D eigenvalue weighted by Crippen LogP contribution is -2.34. The van der Waals surface area contributed by atoms with Gasteiger partial charge < -0.3 is 10.1 Å². The maximum Gasteiger partial charge on any atom is 0.340 e. The van der Waals surface area contributed by atoms with Crippen LogP contribution in [0.5, 0.6) is 5.88 Å². The molecule has 8 heteroatoms. The molecule has 1 aromatic heterocycles. The lowest BCUT2D eigenvalue weighted by Gasteiger charge is -2.16. The van der Waals surface area contributed by atoms with Crippen LogP contribution in [-0.4, -0.2) is 36.0 Å². The van der Waals surface area contributed by atoms with Gasteiger partial charge in [0.05, 0.1) is 0 Å². The molecule has 0 radical (unpaired) electrons. The van der Waals surface area contributed by atoms with Crippen molar-refractivity contribution in [3.05, 3.63) is 11.9 Å². The fourth-order valence-corrected chi connectivity index (χ4v) is 1.07. The van der Waals surface area contributed by atoms with E-state index in [1.165, 1.54) is 6.07 Å². The van der Waals surface area contributed by atoms with Crippen LogP contribution in [0.2, 0.25) is 0 Å². The first kappa shape index (κ1) is 14.5. The number of halogens is 4. The summed E-state index contributed by atoms with van der Waals surface area (Å²) in [5.74, 6) is -3.61. The largest absolute Gasteiger partial charge is 0.471 e. The van der Waals surface area contributed by atoms with E-state index < -0.39 is 19.0 Å². The Bertz CT molecular complexity index is 378. The van der Waals surface area contributed by atoms with E-state index in [-0.39, 0.29) is 5.88 Å². The second-order valence-corrected chi connectivity index (χ2v) is 3.46. The highest BCUT2D eigenvalue weighted by Gasteiger charge is 2.41. The molecule has 0 bridgehead atoms. The highest BCUT2D eigenvalue weighted by Crippen LogP contribution is 2.24. The van der Waals surface area contributed by atoms with Gasteiger partial charge >= 0.3 is 12.3 Å². The number of anilines is 1. The van der Waals surface area contributed by atoms with Crippen LogP contribution in [0.15, 0.2) is 6.07 Å². The van der Waals surface area contributed by atoms with E-state index in [1.54, 1.807) is 14.0 Å². The summed E-state index contributed by atoms with van der Waals surface area (Å²) >= 11 is 0. The van der Waals surface area contributed by atoms with Gasteiger partial charge in [-0.2, -0.15) is 13.8 Å². The first-order valence-corrected chi connectivity index (χ1v) is 5.23. The molecule has 1 aromatic rings. The minimum atomic E-state index is -4.20. The summed E-state index contributed by atoms with van der Waals surface area (Å²) in [5.41, 5.74) is 0. The normalized spacial score (nSPS) is 11.7. The van der Waals surface area contributed by atoms with Crippen LogP contribution in [0.3, 0.4) is 0 Å². The Balaban J connectivity index is 2.78. The predicted molar refractivity (Wildman–Crippen MR) is 57.4 cm³/mol. The Morgan fingerprint density at radius 1 is 1.39 bits per heavy atom. The summed E-state index contributed by atoms with van der Waals surface area (Å²) in [7, 11) is 1.58. The van der Waals surface area contributed by atoms with Crippen molar-refractivity contribution in [3.63, 3.8) is 0 Å². The van der Waals surface area contributed by atoms with Gasteiger partial charge in [-0.15, -0.1) is 0 Å². The molecule has 0 spiro atoms. The molecule has 0 unspecified atom stereocenters. The van der Waals surface area contributed by atoms with E-state index in [0.717, 1.165) is 0 Å². The second-order valence-electron chi connectivity index (χ2n) is 3.46. The summed E-state index contributed by atoms with van der Waals surface area (Å²) in [5, 5.41) is 2.70. The molecule has 0 aliphatic carbocycles. The quantitative estimate of drug-likeness (QED) is 0.804. The number of hydrogen-bond acceptors (Lipinski definition) is 4. The van der Waals surface area contributed by atoms with E-state index in [2.05, 4.69) is 20.0 Å². The van der Waals surface area contributed by atoms with E-state index in [0.29, 0.717) is 18.1 Å². The average Bonchev–Trinajstić information content (AvgIpc) is 2.35. The van der Waals surface area contributed by atoms with Gasteiger partial charge in [0.1, 0.15) is 11.6 Å². The number of nitrogens with one attached hydrogen (secondary N) is 1. The van der Waals surface area contributed by atoms with Gasteiger partial charge in [-0.25, -0.2) is 13.8 Å². The lowest BCUT2D eigenvalue weighted by molar-refractivity contribution is -0.148. The summed E-state index contributed by atoms with van der Waals surface area (Å²) in [6, 6.07) is 1.26. The molecule has 0 amide bonds. The third kappa shape index (κ3) is 3.71. The predicted octanol–water partition coefficient (Wildman–Crippen LogP) is 2.36. The van der Waals surface area contributed by atoms with Crippen molar-refractivity contribution in [2.75, 3.05) is 19.0 Å². The smallest absolute Gasteiger partial charge is 0.340 e. The topological polar surface area (TPSA) is 47.0 Å². The maximum absolute atomic E-state index is 12.7. The molecule has 102 valence electrons. The third-order valence-electron chi connectivity index (χ3n) is 2.05. The Labute approximate surface area is 101 Å². The average molecular weight is 267 g/mol.